The number of nitrogens with one attached hydrogen (secondary N) is 2. The van der Waals surface area contributed by atoms with Gasteiger partial charge in [-0.05, 0) is 43.9 Å². The molecule has 5 heteroatoms. The molecule has 0 saturated heterocycles. The molecule has 1 saturated carbocycles. The minimum Gasteiger partial charge on any atom is -0.480 e. The van der Waals surface area contributed by atoms with Crippen molar-refractivity contribution in [2.24, 2.45) is 0 Å². The van der Waals surface area contributed by atoms with Gasteiger partial charge in [-0.3, -0.25) is 0 Å². The molecule has 0 radical (unpaired) electrons. The summed E-state index contributed by atoms with van der Waals surface area (Å²) in [5.41, 5.74) is 0.616. The Morgan fingerprint density at radius 3 is 2.56 bits per heavy atom. The number of urea groups is 1. The average Bonchev–Trinajstić information content (AvgIpc) is 2.23. The molecule has 1 aromatic carbocycles. The van der Waals surface area contributed by atoms with E-state index in [4.69, 9.17) is 5.11 Å². The number of amides is 2. The van der Waals surface area contributed by atoms with Gasteiger partial charge in [-0.15, -0.1) is 0 Å². The number of aryl methyl sites for hydroxylation is 1. The number of anilines is 1. The van der Waals surface area contributed by atoms with Crippen molar-refractivity contribution in [3.05, 3.63) is 29.8 Å². The van der Waals surface area contributed by atoms with Crippen LogP contribution in [0.15, 0.2) is 24.3 Å². The molecule has 0 unspecified atom stereocenters. The van der Waals surface area contributed by atoms with Crippen LogP contribution < -0.4 is 10.6 Å². The number of hydrogen-bond acceptors (Lipinski definition) is 2. The van der Waals surface area contributed by atoms with E-state index >= 15 is 0 Å². The van der Waals surface area contributed by atoms with Crippen LogP contribution in [-0.4, -0.2) is 22.6 Å². The summed E-state index contributed by atoms with van der Waals surface area (Å²) in [4.78, 5) is 22.9. The van der Waals surface area contributed by atoms with Crippen molar-refractivity contribution in [3.63, 3.8) is 0 Å². The lowest BCUT2D eigenvalue weighted by atomic mass is 9.77. The van der Waals surface area contributed by atoms with Crippen LogP contribution in [0.1, 0.15) is 24.8 Å². The highest BCUT2D eigenvalue weighted by Crippen LogP contribution is 2.32. The maximum absolute atomic E-state index is 11.8. The molecule has 96 valence electrons. The van der Waals surface area contributed by atoms with Crippen molar-refractivity contribution in [1.82, 2.24) is 5.32 Å². The van der Waals surface area contributed by atoms with Gasteiger partial charge in [-0.2, -0.15) is 0 Å². The van der Waals surface area contributed by atoms with Gasteiger partial charge in [0.1, 0.15) is 5.54 Å². The van der Waals surface area contributed by atoms with Crippen molar-refractivity contribution in [1.29, 1.82) is 0 Å². The monoisotopic (exact) mass is 248 g/mol. The van der Waals surface area contributed by atoms with E-state index in [1.54, 1.807) is 6.07 Å². The standard InChI is InChI=1S/C13H16N2O3/c1-9-4-2-5-10(8-9)14-12(18)15-13(11(16)17)6-3-7-13/h2,4-5,8H,3,6-7H2,1H3,(H,16,17)(H2,14,15,18). The second-order valence-corrected chi connectivity index (χ2v) is 4.69. The van der Waals surface area contributed by atoms with E-state index in [1.165, 1.54) is 0 Å². The molecule has 5 nitrogen and oxygen atoms in total. The van der Waals surface area contributed by atoms with Crippen LogP contribution in [0.25, 0.3) is 0 Å². The number of hydrogen-bond donors (Lipinski definition) is 3. The first kappa shape index (κ1) is 12.4. The van der Waals surface area contributed by atoms with Crippen LogP contribution in [0.2, 0.25) is 0 Å². The molecule has 0 atom stereocenters. The number of carboxylic acid groups (broad SMARTS) is 1. The van der Waals surface area contributed by atoms with Crippen LogP contribution in [0.3, 0.4) is 0 Å². The number of aliphatic carboxylic acids is 1. The van der Waals surface area contributed by atoms with Crippen molar-refractivity contribution < 1.29 is 14.7 Å². The third-order valence-corrected chi connectivity index (χ3v) is 3.25. The van der Waals surface area contributed by atoms with Gasteiger partial charge in [0.05, 0.1) is 0 Å². The number of carbonyl (C=O) groups is 2. The Balaban J connectivity index is 1.99. The number of carbonyl (C=O) groups excluding carboxylic acids is 1. The van der Waals surface area contributed by atoms with E-state index in [-0.39, 0.29) is 0 Å². The topological polar surface area (TPSA) is 78.4 Å². The molecule has 1 fully saturated rings. The second-order valence-electron chi connectivity index (χ2n) is 4.69. The summed E-state index contributed by atoms with van der Waals surface area (Å²) in [6.45, 7) is 1.92. The smallest absolute Gasteiger partial charge is 0.329 e. The fourth-order valence-electron chi connectivity index (χ4n) is 2.03. The molecule has 0 spiro atoms. The Hall–Kier alpha value is -2.04. The Morgan fingerprint density at radius 1 is 1.33 bits per heavy atom. The molecule has 1 aliphatic carbocycles. The third kappa shape index (κ3) is 2.45. The van der Waals surface area contributed by atoms with E-state index in [0.29, 0.717) is 18.5 Å². The first-order chi connectivity index (χ1) is 8.52. The zero-order valence-corrected chi connectivity index (χ0v) is 10.2. The molecule has 0 heterocycles. The van der Waals surface area contributed by atoms with Gasteiger partial charge in [-0.1, -0.05) is 12.1 Å². The average molecular weight is 248 g/mol. The van der Waals surface area contributed by atoms with Crippen molar-refractivity contribution in [2.45, 2.75) is 31.7 Å². The summed E-state index contributed by atoms with van der Waals surface area (Å²) < 4.78 is 0. The molecular weight excluding hydrogens is 232 g/mol. The van der Waals surface area contributed by atoms with E-state index in [9.17, 15) is 9.59 Å². The Morgan fingerprint density at radius 2 is 2.06 bits per heavy atom. The van der Waals surface area contributed by atoms with Crippen LogP contribution in [0.4, 0.5) is 10.5 Å². The molecule has 0 aromatic heterocycles. The lowest BCUT2D eigenvalue weighted by molar-refractivity contribution is -0.148. The molecule has 1 aliphatic rings. The fraction of sp³-hybridized carbons (Fsp3) is 0.385. The Labute approximate surface area is 105 Å². The molecule has 0 bridgehead atoms. The van der Waals surface area contributed by atoms with Crippen molar-refractivity contribution in [3.8, 4) is 0 Å². The molecular formula is C13H16N2O3. The van der Waals surface area contributed by atoms with E-state index in [0.717, 1.165) is 12.0 Å². The zero-order chi connectivity index (χ0) is 13.2. The fourth-order valence-corrected chi connectivity index (χ4v) is 2.03. The van der Waals surface area contributed by atoms with E-state index in [1.807, 2.05) is 25.1 Å². The SMILES string of the molecule is Cc1cccc(NC(=O)NC2(C(=O)O)CCC2)c1. The lowest BCUT2D eigenvalue weighted by Gasteiger charge is -2.38. The van der Waals surface area contributed by atoms with Crippen LogP contribution in [-0.2, 0) is 4.79 Å². The molecule has 0 aliphatic heterocycles. The summed E-state index contributed by atoms with van der Waals surface area (Å²) in [5, 5.41) is 14.3. The highest BCUT2D eigenvalue weighted by atomic mass is 16.4. The van der Waals surface area contributed by atoms with E-state index < -0.39 is 17.5 Å². The summed E-state index contributed by atoms with van der Waals surface area (Å²) >= 11 is 0. The number of rotatable bonds is 3. The minimum atomic E-state index is -1.08. The summed E-state index contributed by atoms with van der Waals surface area (Å²) in [7, 11) is 0. The largest absolute Gasteiger partial charge is 0.480 e. The van der Waals surface area contributed by atoms with Crippen LogP contribution >= 0.6 is 0 Å². The number of carboxylic acids is 1. The van der Waals surface area contributed by atoms with Gasteiger partial charge >= 0.3 is 12.0 Å². The maximum atomic E-state index is 11.8. The van der Waals surface area contributed by atoms with Gasteiger partial charge in [0.15, 0.2) is 0 Å². The van der Waals surface area contributed by atoms with Gasteiger partial charge in [0, 0.05) is 5.69 Å². The number of benzene rings is 1. The first-order valence-corrected chi connectivity index (χ1v) is 5.91. The predicted molar refractivity (Wildman–Crippen MR) is 67.6 cm³/mol. The molecule has 2 amide bonds. The summed E-state index contributed by atoms with van der Waals surface area (Å²) in [5.74, 6) is -0.965. The Bertz CT molecular complexity index is 481. The normalized spacial score (nSPS) is 16.5. The van der Waals surface area contributed by atoms with Crippen molar-refractivity contribution in [2.75, 3.05) is 5.32 Å². The van der Waals surface area contributed by atoms with E-state index in [2.05, 4.69) is 10.6 Å². The summed E-state index contributed by atoms with van der Waals surface area (Å²) in [6, 6.07) is 6.88. The highest BCUT2D eigenvalue weighted by Gasteiger charge is 2.45. The molecule has 18 heavy (non-hydrogen) atoms. The highest BCUT2D eigenvalue weighted by molar-refractivity contribution is 5.94. The quantitative estimate of drug-likeness (QED) is 0.766. The van der Waals surface area contributed by atoms with Crippen molar-refractivity contribution >= 4 is 17.7 Å². The maximum Gasteiger partial charge on any atom is 0.329 e. The van der Waals surface area contributed by atoms with Gasteiger partial charge in [0.25, 0.3) is 0 Å². The Kier molecular flexibility index (Phi) is 3.23. The summed E-state index contributed by atoms with van der Waals surface area (Å²) in [6.07, 6.45) is 1.81. The molecule has 2 rings (SSSR count). The predicted octanol–water partition coefficient (Wildman–Crippen LogP) is 2.12. The van der Waals surface area contributed by atoms with Crippen LogP contribution in [0, 0.1) is 6.92 Å². The minimum absolute atomic E-state index is 0.470. The lowest BCUT2D eigenvalue weighted by Crippen LogP contribution is -2.60. The van der Waals surface area contributed by atoms with Gasteiger partial charge in [-0.25, -0.2) is 9.59 Å². The van der Waals surface area contributed by atoms with Gasteiger partial charge in [0.2, 0.25) is 0 Å². The third-order valence-electron chi connectivity index (χ3n) is 3.25. The second kappa shape index (κ2) is 4.68. The molecule has 3 N–H and O–H groups in total. The first-order valence-electron chi connectivity index (χ1n) is 5.91. The van der Waals surface area contributed by atoms with Gasteiger partial charge < -0.3 is 15.7 Å². The molecule has 1 aromatic rings. The zero-order valence-electron chi connectivity index (χ0n) is 10.2. The van der Waals surface area contributed by atoms with Crippen LogP contribution in [0.5, 0.6) is 0 Å².